The van der Waals surface area contributed by atoms with Crippen molar-refractivity contribution < 1.29 is 13.2 Å². The zero-order chi connectivity index (χ0) is 15.7. The third-order valence-electron chi connectivity index (χ3n) is 3.98. The molecule has 7 heteroatoms. The van der Waals surface area contributed by atoms with Gasteiger partial charge in [-0.15, -0.1) is 0 Å². The number of aromatic nitrogens is 2. The first-order valence-electron chi connectivity index (χ1n) is 7.25. The van der Waals surface area contributed by atoms with Gasteiger partial charge in [0.2, 0.25) is 0 Å². The lowest BCUT2D eigenvalue weighted by atomic mass is 10.1. The summed E-state index contributed by atoms with van der Waals surface area (Å²) < 4.78 is 39.7. The zero-order valence-corrected chi connectivity index (χ0v) is 11.9. The molecule has 0 spiro atoms. The Hall–Kier alpha value is -1.89. The largest absolute Gasteiger partial charge is 0.416 e. The van der Waals surface area contributed by atoms with Gasteiger partial charge in [-0.25, -0.2) is 4.98 Å². The minimum Gasteiger partial charge on any atom is -0.312 e. The van der Waals surface area contributed by atoms with Crippen molar-refractivity contribution >= 4 is 10.9 Å². The van der Waals surface area contributed by atoms with Crippen LogP contribution in [0.1, 0.15) is 24.8 Å². The lowest BCUT2D eigenvalue weighted by Gasteiger charge is -2.24. The lowest BCUT2D eigenvalue weighted by Crippen LogP contribution is -2.39. The molecule has 2 heterocycles. The second-order valence-electron chi connectivity index (χ2n) is 5.58. The topological polar surface area (TPSA) is 46.9 Å². The van der Waals surface area contributed by atoms with Crippen molar-refractivity contribution in [2.75, 3.05) is 6.54 Å². The van der Waals surface area contributed by atoms with Gasteiger partial charge < -0.3 is 5.32 Å². The summed E-state index contributed by atoms with van der Waals surface area (Å²) >= 11 is 0. The van der Waals surface area contributed by atoms with E-state index in [2.05, 4.69) is 10.3 Å². The lowest BCUT2D eigenvalue weighted by molar-refractivity contribution is -0.137. The van der Waals surface area contributed by atoms with Crippen LogP contribution in [0.25, 0.3) is 10.9 Å². The Morgan fingerprint density at radius 2 is 2.14 bits per heavy atom. The smallest absolute Gasteiger partial charge is 0.312 e. The Morgan fingerprint density at radius 1 is 1.32 bits per heavy atom. The Morgan fingerprint density at radius 3 is 2.82 bits per heavy atom. The van der Waals surface area contributed by atoms with E-state index in [1.54, 1.807) is 0 Å². The van der Waals surface area contributed by atoms with Crippen LogP contribution in [0.15, 0.2) is 29.3 Å². The summed E-state index contributed by atoms with van der Waals surface area (Å²) in [4.78, 5) is 16.5. The number of fused-ring (bicyclic) bond motifs is 1. The summed E-state index contributed by atoms with van der Waals surface area (Å²) in [7, 11) is 0. The highest BCUT2D eigenvalue weighted by Gasteiger charge is 2.30. The molecule has 1 N–H and O–H groups in total. The predicted molar refractivity (Wildman–Crippen MR) is 76.6 cm³/mol. The first-order chi connectivity index (χ1) is 10.4. The van der Waals surface area contributed by atoms with E-state index in [-0.39, 0.29) is 16.9 Å². The molecule has 4 nitrogen and oxygen atoms in total. The Labute approximate surface area is 125 Å². The quantitative estimate of drug-likeness (QED) is 0.927. The summed E-state index contributed by atoms with van der Waals surface area (Å²) in [6.45, 7) is 1.33. The number of hydrogen-bond acceptors (Lipinski definition) is 3. The molecule has 1 saturated heterocycles. The fourth-order valence-corrected chi connectivity index (χ4v) is 2.78. The van der Waals surface area contributed by atoms with Gasteiger partial charge in [-0.2, -0.15) is 13.2 Å². The molecule has 2 aromatic rings. The molecule has 1 aromatic carbocycles. The van der Waals surface area contributed by atoms with Crippen molar-refractivity contribution in [3.05, 3.63) is 40.4 Å². The monoisotopic (exact) mass is 311 g/mol. The van der Waals surface area contributed by atoms with Crippen LogP contribution >= 0.6 is 0 Å². The number of halogens is 3. The van der Waals surface area contributed by atoms with E-state index in [1.807, 2.05) is 0 Å². The highest BCUT2D eigenvalue weighted by molar-refractivity contribution is 5.78. The Kier molecular flexibility index (Phi) is 3.90. The van der Waals surface area contributed by atoms with Gasteiger partial charge in [-0.1, -0.05) is 6.42 Å². The maximum atomic E-state index is 12.8. The Bertz CT molecular complexity index is 733. The number of piperidine rings is 1. The third-order valence-corrected chi connectivity index (χ3v) is 3.98. The van der Waals surface area contributed by atoms with Gasteiger partial charge in [-0.05, 0) is 37.6 Å². The van der Waals surface area contributed by atoms with Gasteiger partial charge in [0.05, 0.1) is 22.8 Å². The molecule has 1 aromatic heterocycles. The molecule has 1 atom stereocenters. The van der Waals surface area contributed by atoms with E-state index in [9.17, 15) is 18.0 Å². The molecule has 1 aliphatic heterocycles. The molecule has 22 heavy (non-hydrogen) atoms. The predicted octanol–water partition coefficient (Wildman–Crippen LogP) is 2.56. The number of rotatable bonds is 2. The second kappa shape index (κ2) is 5.72. The van der Waals surface area contributed by atoms with E-state index in [1.165, 1.54) is 17.0 Å². The minimum absolute atomic E-state index is 0.00753. The number of nitrogens with zero attached hydrogens (tertiary/aromatic N) is 2. The van der Waals surface area contributed by atoms with Crippen LogP contribution in [0, 0.1) is 0 Å². The summed E-state index contributed by atoms with van der Waals surface area (Å²) in [5.74, 6) is 0. The van der Waals surface area contributed by atoms with E-state index < -0.39 is 17.3 Å². The van der Waals surface area contributed by atoms with E-state index in [4.69, 9.17) is 0 Å². The molecule has 1 fully saturated rings. The van der Waals surface area contributed by atoms with Crippen molar-refractivity contribution in [2.45, 2.75) is 38.0 Å². The molecule has 0 aliphatic carbocycles. The molecule has 0 amide bonds. The maximum absolute atomic E-state index is 12.8. The van der Waals surface area contributed by atoms with E-state index in [0.717, 1.165) is 37.9 Å². The van der Waals surface area contributed by atoms with Crippen LogP contribution in [0.5, 0.6) is 0 Å². The van der Waals surface area contributed by atoms with Crippen LogP contribution in [0.4, 0.5) is 13.2 Å². The van der Waals surface area contributed by atoms with E-state index in [0.29, 0.717) is 6.54 Å². The average Bonchev–Trinajstić information content (AvgIpc) is 2.50. The zero-order valence-electron chi connectivity index (χ0n) is 11.9. The third kappa shape index (κ3) is 2.99. The van der Waals surface area contributed by atoms with Crippen LogP contribution in [0.2, 0.25) is 0 Å². The summed E-state index contributed by atoms with van der Waals surface area (Å²) in [5.41, 5.74) is -0.971. The molecule has 3 rings (SSSR count). The van der Waals surface area contributed by atoms with Crippen molar-refractivity contribution in [3.63, 3.8) is 0 Å². The van der Waals surface area contributed by atoms with Crippen molar-refractivity contribution in [1.82, 2.24) is 14.9 Å². The highest BCUT2D eigenvalue weighted by Crippen LogP contribution is 2.30. The number of nitrogens with one attached hydrogen (secondary N) is 1. The Balaban J connectivity index is 1.98. The molecule has 118 valence electrons. The fourth-order valence-electron chi connectivity index (χ4n) is 2.78. The fraction of sp³-hybridized carbons (Fsp3) is 0.467. The van der Waals surface area contributed by atoms with Crippen LogP contribution in [0.3, 0.4) is 0 Å². The van der Waals surface area contributed by atoms with Gasteiger partial charge >= 0.3 is 6.18 Å². The van der Waals surface area contributed by atoms with Crippen LogP contribution in [-0.4, -0.2) is 22.1 Å². The van der Waals surface area contributed by atoms with Crippen molar-refractivity contribution in [3.8, 4) is 0 Å². The molecule has 1 aliphatic rings. The van der Waals surface area contributed by atoms with Gasteiger partial charge in [0.25, 0.3) is 5.56 Å². The normalized spacial score (nSPS) is 19.5. The maximum Gasteiger partial charge on any atom is 0.416 e. The van der Waals surface area contributed by atoms with Crippen molar-refractivity contribution in [1.29, 1.82) is 0 Å². The van der Waals surface area contributed by atoms with Gasteiger partial charge in [0, 0.05) is 12.6 Å². The van der Waals surface area contributed by atoms with Gasteiger partial charge in [0.1, 0.15) is 0 Å². The standard InChI is InChI=1S/C15H16F3N3O/c16-15(17,18)10-4-5-13-12(7-10)14(22)21(9-20-13)8-11-3-1-2-6-19-11/h4-5,7,9,11,19H,1-3,6,8H2. The highest BCUT2D eigenvalue weighted by atomic mass is 19.4. The molecule has 1 unspecified atom stereocenters. The summed E-state index contributed by atoms with van der Waals surface area (Å²) in [5, 5.41) is 3.32. The molecule has 0 saturated carbocycles. The number of hydrogen-bond donors (Lipinski definition) is 1. The average molecular weight is 311 g/mol. The van der Waals surface area contributed by atoms with E-state index >= 15 is 0 Å². The SMILES string of the molecule is O=c1c2cc(C(F)(F)F)ccc2ncn1CC1CCCCN1. The van der Waals surface area contributed by atoms with Crippen LogP contribution < -0.4 is 10.9 Å². The van der Waals surface area contributed by atoms with Gasteiger partial charge in [-0.3, -0.25) is 9.36 Å². The minimum atomic E-state index is -4.47. The first-order valence-corrected chi connectivity index (χ1v) is 7.25. The molecule has 0 radical (unpaired) electrons. The summed E-state index contributed by atoms with van der Waals surface area (Å²) in [6, 6.07) is 3.23. The first kappa shape index (κ1) is 15.0. The summed E-state index contributed by atoms with van der Waals surface area (Å²) in [6.07, 6.45) is 0.0927. The molecule has 0 bridgehead atoms. The molecular formula is C15H16F3N3O. The molecular weight excluding hydrogens is 295 g/mol. The second-order valence-corrected chi connectivity index (χ2v) is 5.58. The van der Waals surface area contributed by atoms with Gasteiger partial charge in [0.15, 0.2) is 0 Å². The number of alkyl halides is 3. The van der Waals surface area contributed by atoms with Crippen molar-refractivity contribution in [2.24, 2.45) is 0 Å². The number of benzene rings is 1. The van der Waals surface area contributed by atoms with Crippen LogP contribution in [-0.2, 0) is 12.7 Å².